The number of nitrogens with zero attached hydrogens (tertiary/aromatic N) is 3. The van der Waals surface area contributed by atoms with Gasteiger partial charge >= 0.3 is 0 Å². The van der Waals surface area contributed by atoms with Crippen molar-refractivity contribution < 1.29 is 4.74 Å². The summed E-state index contributed by atoms with van der Waals surface area (Å²) in [6.45, 7) is 1.30. The summed E-state index contributed by atoms with van der Waals surface area (Å²) in [7, 11) is 0. The molecule has 5 heteroatoms. The number of hydrogen-bond acceptors (Lipinski definition) is 5. The van der Waals surface area contributed by atoms with Gasteiger partial charge in [0.2, 0.25) is 0 Å². The fourth-order valence-corrected chi connectivity index (χ4v) is 2.00. The van der Waals surface area contributed by atoms with Gasteiger partial charge in [0.15, 0.2) is 5.82 Å². The standard InChI is InChI=1S/C12H16N4O/c13-9-10-5-6-15-16-12(10)14-7-8-17-11-3-1-2-4-11/h5-6,11H,1-4,7-8H2,(H,14,16). The van der Waals surface area contributed by atoms with Gasteiger partial charge in [-0.1, -0.05) is 12.8 Å². The van der Waals surface area contributed by atoms with Crippen molar-refractivity contribution in [2.45, 2.75) is 31.8 Å². The molecule has 0 unspecified atom stereocenters. The first-order valence-electron chi connectivity index (χ1n) is 5.97. The van der Waals surface area contributed by atoms with E-state index in [-0.39, 0.29) is 0 Å². The lowest BCUT2D eigenvalue weighted by Gasteiger charge is -2.11. The maximum absolute atomic E-state index is 8.86. The summed E-state index contributed by atoms with van der Waals surface area (Å²) in [6.07, 6.45) is 6.85. The molecule has 1 aromatic heterocycles. The number of anilines is 1. The highest BCUT2D eigenvalue weighted by Crippen LogP contribution is 2.20. The fourth-order valence-electron chi connectivity index (χ4n) is 2.00. The van der Waals surface area contributed by atoms with Crippen molar-refractivity contribution in [1.29, 1.82) is 5.26 Å². The van der Waals surface area contributed by atoms with Gasteiger partial charge in [0.25, 0.3) is 0 Å². The van der Waals surface area contributed by atoms with Gasteiger partial charge < -0.3 is 10.1 Å². The Hall–Kier alpha value is -1.67. The molecule has 0 amide bonds. The Morgan fingerprint density at radius 3 is 3.06 bits per heavy atom. The second-order valence-electron chi connectivity index (χ2n) is 4.11. The van der Waals surface area contributed by atoms with Gasteiger partial charge in [-0.15, -0.1) is 5.10 Å². The van der Waals surface area contributed by atoms with Gasteiger partial charge in [0.1, 0.15) is 6.07 Å². The van der Waals surface area contributed by atoms with E-state index < -0.39 is 0 Å². The maximum atomic E-state index is 8.86. The molecule has 1 saturated carbocycles. The Kier molecular flexibility index (Phi) is 4.28. The molecule has 0 aromatic carbocycles. The molecule has 5 nitrogen and oxygen atoms in total. The SMILES string of the molecule is N#Cc1ccnnc1NCCOC1CCCC1. The summed E-state index contributed by atoms with van der Waals surface area (Å²) < 4.78 is 5.70. The number of nitrogens with one attached hydrogen (secondary N) is 1. The first-order valence-corrected chi connectivity index (χ1v) is 5.97. The van der Waals surface area contributed by atoms with Crippen LogP contribution < -0.4 is 5.32 Å². The summed E-state index contributed by atoms with van der Waals surface area (Å²) in [5, 5.41) is 19.6. The van der Waals surface area contributed by atoms with E-state index in [1.54, 1.807) is 6.07 Å². The van der Waals surface area contributed by atoms with Crippen molar-refractivity contribution >= 4 is 5.82 Å². The topological polar surface area (TPSA) is 70.8 Å². The van der Waals surface area contributed by atoms with Crippen LogP contribution in [-0.2, 0) is 4.74 Å². The van der Waals surface area contributed by atoms with Crippen molar-refractivity contribution in [3.63, 3.8) is 0 Å². The van der Waals surface area contributed by atoms with Gasteiger partial charge in [-0.05, 0) is 18.9 Å². The van der Waals surface area contributed by atoms with Gasteiger partial charge in [0.05, 0.1) is 24.5 Å². The molecule has 1 fully saturated rings. The highest BCUT2D eigenvalue weighted by atomic mass is 16.5. The minimum Gasteiger partial charge on any atom is -0.376 e. The zero-order valence-corrected chi connectivity index (χ0v) is 9.72. The Labute approximate surface area is 101 Å². The molecule has 0 atom stereocenters. The van der Waals surface area contributed by atoms with E-state index in [0.717, 1.165) is 0 Å². The summed E-state index contributed by atoms with van der Waals surface area (Å²) in [6, 6.07) is 3.72. The fraction of sp³-hybridized carbons (Fsp3) is 0.583. The minimum atomic E-state index is 0.425. The molecule has 90 valence electrons. The van der Waals surface area contributed by atoms with Gasteiger partial charge in [-0.3, -0.25) is 0 Å². The molecule has 0 bridgehead atoms. The van der Waals surface area contributed by atoms with Crippen LogP contribution in [0.1, 0.15) is 31.2 Å². The second kappa shape index (κ2) is 6.16. The lowest BCUT2D eigenvalue weighted by atomic mass is 10.3. The molecular weight excluding hydrogens is 216 g/mol. The van der Waals surface area contributed by atoms with E-state index in [2.05, 4.69) is 21.6 Å². The summed E-state index contributed by atoms with van der Waals surface area (Å²) >= 11 is 0. The Bertz CT molecular complexity index is 396. The molecule has 0 saturated heterocycles. The maximum Gasteiger partial charge on any atom is 0.166 e. The minimum absolute atomic E-state index is 0.425. The van der Waals surface area contributed by atoms with E-state index in [9.17, 15) is 0 Å². The van der Waals surface area contributed by atoms with Crippen LogP contribution in [0.25, 0.3) is 0 Å². The molecule has 1 N–H and O–H groups in total. The Morgan fingerprint density at radius 2 is 2.29 bits per heavy atom. The van der Waals surface area contributed by atoms with Gasteiger partial charge in [0, 0.05) is 6.54 Å². The third kappa shape index (κ3) is 3.40. The van der Waals surface area contributed by atoms with Crippen molar-refractivity contribution in [2.24, 2.45) is 0 Å². The van der Waals surface area contributed by atoms with E-state index in [0.29, 0.717) is 30.6 Å². The molecule has 0 aliphatic heterocycles. The monoisotopic (exact) mass is 232 g/mol. The smallest absolute Gasteiger partial charge is 0.166 e. The highest BCUT2D eigenvalue weighted by Gasteiger charge is 2.14. The van der Waals surface area contributed by atoms with Crippen LogP contribution >= 0.6 is 0 Å². The number of ether oxygens (including phenoxy) is 1. The lowest BCUT2D eigenvalue weighted by Crippen LogP contribution is -2.16. The number of hydrogen-bond donors (Lipinski definition) is 1. The average molecular weight is 232 g/mol. The zero-order chi connectivity index (χ0) is 11.9. The van der Waals surface area contributed by atoms with Crippen molar-refractivity contribution in [2.75, 3.05) is 18.5 Å². The first kappa shape index (κ1) is 11.8. The van der Waals surface area contributed by atoms with Crippen LogP contribution in [0.4, 0.5) is 5.82 Å². The average Bonchev–Trinajstić information content (AvgIpc) is 2.88. The predicted octanol–water partition coefficient (Wildman–Crippen LogP) is 1.72. The highest BCUT2D eigenvalue weighted by molar-refractivity contribution is 5.49. The third-order valence-electron chi connectivity index (χ3n) is 2.89. The normalized spacial score (nSPS) is 15.7. The first-order chi connectivity index (χ1) is 8.40. The summed E-state index contributed by atoms with van der Waals surface area (Å²) in [4.78, 5) is 0. The predicted molar refractivity (Wildman–Crippen MR) is 63.4 cm³/mol. The Morgan fingerprint density at radius 1 is 1.47 bits per heavy atom. The number of nitriles is 1. The molecule has 1 aliphatic carbocycles. The second-order valence-corrected chi connectivity index (χ2v) is 4.11. The lowest BCUT2D eigenvalue weighted by molar-refractivity contribution is 0.0658. The molecule has 17 heavy (non-hydrogen) atoms. The van der Waals surface area contributed by atoms with E-state index in [4.69, 9.17) is 10.00 Å². The van der Waals surface area contributed by atoms with Crippen LogP contribution in [0.3, 0.4) is 0 Å². The molecule has 1 heterocycles. The van der Waals surface area contributed by atoms with Crippen LogP contribution in [-0.4, -0.2) is 29.5 Å². The number of aromatic nitrogens is 2. The molecule has 0 radical (unpaired) electrons. The summed E-state index contributed by atoms with van der Waals surface area (Å²) in [5.74, 6) is 0.532. The van der Waals surface area contributed by atoms with Crippen molar-refractivity contribution in [1.82, 2.24) is 10.2 Å². The number of rotatable bonds is 5. The molecular formula is C12H16N4O. The van der Waals surface area contributed by atoms with Crippen LogP contribution in [0, 0.1) is 11.3 Å². The van der Waals surface area contributed by atoms with Crippen molar-refractivity contribution in [3.8, 4) is 6.07 Å². The molecule has 2 rings (SSSR count). The molecule has 0 spiro atoms. The molecule has 1 aliphatic rings. The van der Waals surface area contributed by atoms with Crippen LogP contribution in [0.15, 0.2) is 12.3 Å². The van der Waals surface area contributed by atoms with E-state index in [1.807, 2.05) is 0 Å². The zero-order valence-electron chi connectivity index (χ0n) is 9.72. The quantitative estimate of drug-likeness (QED) is 0.783. The van der Waals surface area contributed by atoms with Crippen LogP contribution in [0.2, 0.25) is 0 Å². The largest absolute Gasteiger partial charge is 0.376 e. The van der Waals surface area contributed by atoms with Gasteiger partial charge in [-0.2, -0.15) is 10.4 Å². The van der Waals surface area contributed by atoms with Gasteiger partial charge in [-0.25, -0.2) is 0 Å². The third-order valence-corrected chi connectivity index (χ3v) is 2.89. The van der Waals surface area contributed by atoms with E-state index in [1.165, 1.54) is 31.9 Å². The summed E-state index contributed by atoms with van der Waals surface area (Å²) in [5.41, 5.74) is 0.515. The van der Waals surface area contributed by atoms with Crippen LogP contribution in [0.5, 0.6) is 0 Å². The Balaban J connectivity index is 1.72. The van der Waals surface area contributed by atoms with Crippen molar-refractivity contribution in [3.05, 3.63) is 17.8 Å². The van der Waals surface area contributed by atoms with E-state index >= 15 is 0 Å². The molecule has 1 aromatic rings.